The molecule has 0 aliphatic heterocycles. The molecular formula is C11H20ClN3O2S. The maximum atomic E-state index is 12.0. The number of aromatic nitrogens is 2. The molecular weight excluding hydrogens is 274 g/mol. The molecule has 18 heavy (non-hydrogen) atoms. The Hall–Kier alpha value is -0.590. The van der Waals surface area contributed by atoms with Gasteiger partial charge in [-0.2, -0.15) is 0 Å². The lowest BCUT2D eigenvalue weighted by atomic mass is 9.91. The van der Waals surface area contributed by atoms with Crippen LogP contribution in [0.2, 0.25) is 0 Å². The van der Waals surface area contributed by atoms with E-state index in [0.717, 1.165) is 6.42 Å². The number of halogens is 1. The summed E-state index contributed by atoms with van der Waals surface area (Å²) in [7, 11) is -3.53. The fraction of sp³-hybridized carbons (Fsp3) is 0.727. The van der Waals surface area contributed by atoms with Crippen molar-refractivity contribution in [1.29, 1.82) is 0 Å². The lowest BCUT2D eigenvalue weighted by Crippen LogP contribution is -2.34. The molecule has 0 bridgehead atoms. The van der Waals surface area contributed by atoms with Crippen molar-refractivity contribution in [3.8, 4) is 0 Å². The van der Waals surface area contributed by atoms with Crippen molar-refractivity contribution in [2.45, 2.75) is 38.8 Å². The van der Waals surface area contributed by atoms with Gasteiger partial charge in [-0.15, -0.1) is 11.6 Å². The van der Waals surface area contributed by atoms with E-state index in [9.17, 15) is 8.42 Å². The molecule has 5 nitrogen and oxygen atoms in total. The lowest BCUT2D eigenvalue weighted by Gasteiger charge is -2.23. The second-order valence-corrected chi connectivity index (χ2v) is 7.06. The zero-order chi connectivity index (χ0) is 13.8. The summed E-state index contributed by atoms with van der Waals surface area (Å²) < 4.78 is 28.3. The van der Waals surface area contributed by atoms with Crippen LogP contribution in [0, 0.1) is 5.41 Å². The number of imidazole rings is 1. The molecule has 1 aromatic heterocycles. The Labute approximate surface area is 114 Å². The van der Waals surface area contributed by atoms with E-state index in [2.05, 4.69) is 9.71 Å². The smallest absolute Gasteiger partial charge is 0.259 e. The Morgan fingerprint density at radius 1 is 1.50 bits per heavy atom. The van der Waals surface area contributed by atoms with Gasteiger partial charge in [-0.1, -0.05) is 13.8 Å². The average Bonchev–Trinajstić information content (AvgIpc) is 2.76. The van der Waals surface area contributed by atoms with E-state index in [1.807, 2.05) is 20.8 Å². The Kier molecular flexibility index (Phi) is 5.19. The highest BCUT2D eigenvalue weighted by atomic mass is 35.5. The van der Waals surface area contributed by atoms with Crippen molar-refractivity contribution < 1.29 is 8.42 Å². The van der Waals surface area contributed by atoms with E-state index < -0.39 is 10.0 Å². The maximum Gasteiger partial charge on any atom is 0.259 e. The molecule has 1 heterocycles. The SMILES string of the molecule is CCn1cnc(S(=O)(=O)NCC(C)(C)CCCl)c1. The van der Waals surface area contributed by atoms with Crippen molar-refractivity contribution in [2.24, 2.45) is 5.41 Å². The molecule has 7 heteroatoms. The summed E-state index contributed by atoms with van der Waals surface area (Å²) in [6, 6.07) is 0. The monoisotopic (exact) mass is 293 g/mol. The molecule has 0 amide bonds. The van der Waals surface area contributed by atoms with E-state index in [1.165, 1.54) is 12.5 Å². The van der Waals surface area contributed by atoms with Gasteiger partial charge in [0.25, 0.3) is 10.0 Å². The van der Waals surface area contributed by atoms with Crippen LogP contribution in [0.3, 0.4) is 0 Å². The Morgan fingerprint density at radius 2 is 2.17 bits per heavy atom. The Bertz CT molecular complexity index is 482. The fourth-order valence-corrected chi connectivity index (χ4v) is 3.06. The summed E-state index contributed by atoms with van der Waals surface area (Å²) in [5, 5.41) is 0.0611. The Morgan fingerprint density at radius 3 is 2.67 bits per heavy atom. The standard InChI is InChI=1S/C11H20ClN3O2S/c1-4-15-7-10(13-9-15)18(16,17)14-8-11(2,3)5-6-12/h7,9,14H,4-6,8H2,1-3H3. The van der Waals surface area contributed by atoms with Gasteiger partial charge in [-0.05, 0) is 18.8 Å². The molecule has 0 atom stereocenters. The first-order chi connectivity index (χ1) is 8.30. The summed E-state index contributed by atoms with van der Waals surface area (Å²) in [4.78, 5) is 3.89. The molecule has 0 fully saturated rings. The minimum Gasteiger partial charge on any atom is -0.336 e. The summed E-state index contributed by atoms with van der Waals surface area (Å²) >= 11 is 5.68. The molecule has 0 saturated carbocycles. The zero-order valence-electron chi connectivity index (χ0n) is 11.0. The molecule has 0 aromatic carbocycles. The van der Waals surface area contributed by atoms with Crippen molar-refractivity contribution in [3.05, 3.63) is 12.5 Å². The van der Waals surface area contributed by atoms with Crippen LogP contribution in [0.25, 0.3) is 0 Å². The quantitative estimate of drug-likeness (QED) is 0.780. The summed E-state index contributed by atoms with van der Waals surface area (Å²) in [6.45, 7) is 6.92. The number of nitrogens with one attached hydrogen (secondary N) is 1. The van der Waals surface area contributed by atoms with Crippen molar-refractivity contribution in [2.75, 3.05) is 12.4 Å². The van der Waals surface area contributed by atoms with Crippen LogP contribution in [0.1, 0.15) is 27.2 Å². The van der Waals surface area contributed by atoms with Crippen molar-refractivity contribution in [1.82, 2.24) is 14.3 Å². The molecule has 1 rings (SSSR count). The highest BCUT2D eigenvalue weighted by Crippen LogP contribution is 2.20. The number of nitrogens with zero attached hydrogens (tertiary/aromatic N) is 2. The van der Waals surface area contributed by atoms with Crippen LogP contribution >= 0.6 is 11.6 Å². The largest absolute Gasteiger partial charge is 0.336 e. The third-order valence-corrected chi connectivity index (χ3v) is 4.24. The van der Waals surface area contributed by atoms with Crippen LogP contribution in [-0.2, 0) is 16.6 Å². The topological polar surface area (TPSA) is 64.0 Å². The molecule has 0 spiro atoms. The van der Waals surface area contributed by atoms with E-state index in [-0.39, 0.29) is 10.4 Å². The van der Waals surface area contributed by atoms with Crippen molar-refractivity contribution in [3.63, 3.8) is 0 Å². The summed E-state index contributed by atoms with van der Waals surface area (Å²) in [6.07, 6.45) is 3.79. The molecule has 1 aromatic rings. The zero-order valence-corrected chi connectivity index (χ0v) is 12.6. The van der Waals surface area contributed by atoms with Gasteiger partial charge in [0.05, 0.1) is 6.33 Å². The minimum atomic E-state index is -3.53. The maximum absolute atomic E-state index is 12.0. The molecule has 0 aliphatic rings. The van der Waals surface area contributed by atoms with Crippen LogP contribution < -0.4 is 4.72 Å². The minimum absolute atomic E-state index is 0.0611. The van der Waals surface area contributed by atoms with E-state index in [4.69, 9.17) is 11.6 Å². The number of hydrogen-bond donors (Lipinski definition) is 1. The van der Waals surface area contributed by atoms with Crippen molar-refractivity contribution >= 4 is 21.6 Å². The van der Waals surface area contributed by atoms with Gasteiger partial charge < -0.3 is 4.57 Å². The average molecular weight is 294 g/mol. The number of rotatable bonds is 7. The highest BCUT2D eigenvalue weighted by Gasteiger charge is 2.23. The van der Waals surface area contributed by atoms with Gasteiger partial charge >= 0.3 is 0 Å². The van der Waals surface area contributed by atoms with Crippen LogP contribution in [0.5, 0.6) is 0 Å². The molecule has 1 N–H and O–H groups in total. The first-order valence-electron chi connectivity index (χ1n) is 5.88. The second kappa shape index (κ2) is 6.04. The Balaban J connectivity index is 2.71. The van der Waals surface area contributed by atoms with Gasteiger partial charge in [0.15, 0.2) is 5.03 Å². The van der Waals surface area contributed by atoms with Crippen LogP contribution in [-0.4, -0.2) is 30.4 Å². The third-order valence-electron chi connectivity index (χ3n) is 2.76. The predicted octanol–water partition coefficient (Wildman–Crippen LogP) is 1.84. The normalized spacial score (nSPS) is 12.9. The highest BCUT2D eigenvalue weighted by molar-refractivity contribution is 7.89. The van der Waals surface area contributed by atoms with Gasteiger partial charge in [-0.25, -0.2) is 18.1 Å². The fourth-order valence-electron chi connectivity index (χ4n) is 1.36. The van der Waals surface area contributed by atoms with E-state index in [0.29, 0.717) is 19.0 Å². The van der Waals surface area contributed by atoms with Crippen LogP contribution in [0.15, 0.2) is 17.6 Å². The van der Waals surface area contributed by atoms with Gasteiger partial charge in [-0.3, -0.25) is 0 Å². The number of alkyl halides is 1. The molecule has 104 valence electrons. The number of aryl methyl sites for hydroxylation is 1. The van der Waals surface area contributed by atoms with Gasteiger partial charge in [0.2, 0.25) is 0 Å². The predicted molar refractivity (Wildman–Crippen MR) is 72.2 cm³/mol. The first-order valence-corrected chi connectivity index (χ1v) is 7.90. The van der Waals surface area contributed by atoms with Crippen LogP contribution in [0.4, 0.5) is 0 Å². The third kappa shape index (κ3) is 4.26. The van der Waals surface area contributed by atoms with Gasteiger partial charge in [0, 0.05) is 25.2 Å². The molecule has 0 saturated heterocycles. The molecule has 0 aliphatic carbocycles. The molecule has 0 unspecified atom stereocenters. The number of sulfonamides is 1. The number of hydrogen-bond acceptors (Lipinski definition) is 3. The molecule has 0 radical (unpaired) electrons. The first kappa shape index (κ1) is 15.5. The summed E-state index contributed by atoms with van der Waals surface area (Å²) in [5.74, 6) is 0.513. The van der Waals surface area contributed by atoms with E-state index in [1.54, 1.807) is 4.57 Å². The second-order valence-electron chi connectivity index (χ2n) is 4.97. The summed E-state index contributed by atoms with van der Waals surface area (Å²) in [5.41, 5.74) is -0.165. The lowest BCUT2D eigenvalue weighted by molar-refractivity contribution is 0.352. The van der Waals surface area contributed by atoms with E-state index >= 15 is 0 Å². The van der Waals surface area contributed by atoms with Gasteiger partial charge in [0.1, 0.15) is 0 Å².